The molecule has 0 aromatic rings. The Bertz CT molecular complexity index is 620. The summed E-state index contributed by atoms with van der Waals surface area (Å²) in [5.74, 6) is 1.03. The predicted octanol–water partition coefficient (Wildman–Crippen LogP) is 4.60. The van der Waals surface area contributed by atoms with E-state index in [1.54, 1.807) is 0 Å². The number of epoxide rings is 2. The van der Waals surface area contributed by atoms with Gasteiger partial charge in [0.05, 0.1) is 37.6 Å². The highest BCUT2D eigenvalue weighted by atomic mass is 16.6. The molecule has 8 heteroatoms. The fraction of sp³-hybridized carbons (Fsp3) is 0.923. The van der Waals surface area contributed by atoms with Crippen LogP contribution in [0, 0.1) is 11.8 Å². The second-order valence-electron chi connectivity index (χ2n) is 10.5. The van der Waals surface area contributed by atoms with Gasteiger partial charge in [-0.1, -0.05) is 12.8 Å². The molecule has 0 aromatic carbocycles. The molecule has 4 fully saturated rings. The summed E-state index contributed by atoms with van der Waals surface area (Å²) < 4.78 is 21.9. The molecular weight excluding hydrogens is 436 g/mol. The first-order valence-electron chi connectivity index (χ1n) is 13.7. The van der Waals surface area contributed by atoms with Crippen LogP contribution in [0.1, 0.15) is 78.1 Å². The SMILES string of the molecule is CCOC(=O)N(CCCCCCN(CC1CCC2OC2C1)C(=O)OCC)CC1CCC2OC2C1. The molecule has 0 N–H and O–H groups in total. The van der Waals surface area contributed by atoms with Crippen LogP contribution in [0.25, 0.3) is 0 Å². The molecule has 4 rings (SSSR count). The van der Waals surface area contributed by atoms with E-state index in [1.165, 1.54) is 0 Å². The lowest BCUT2D eigenvalue weighted by Crippen LogP contribution is -2.38. The lowest BCUT2D eigenvalue weighted by molar-refractivity contribution is 0.0945. The molecular formula is C26H44N2O6. The predicted molar refractivity (Wildman–Crippen MR) is 128 cm³/mol. The largest absolute Gasteiger partial charge is 0.450 e. The molecule has 194 valence electrons. The highest BCUT2D eigenvalue weighted by Gasteiger charge is 2.45. The third-order valence-corrected chi connectivity index (χ3v) is 7.84. The molecule has 0 spiro atoms. The Hall–Kier alpha value is -1.54. The van der Waals surface area contributed by atoms with Crippen LogP contribution in [0.4, 0.5) is 9.59 Å². The quantitative estimate of drug-likeness (QED) is 0.283. The van der Waals surface area contributed by atoms with E-state index in [0.717, 1.165) is 90.4 Å². The van der Waals surface area contributed by atoms with Gasteiger partial charge in [0, 0.05) is 26.2 Å². The third-order valence-electron chi connectivity index (χ3n) is 7.84. The normalized spacial score (nSPS) is 31.1. The summed E-state index contributed by atoms with van der Waals surface area (Å²) in [6.45, 7) is 7.55. The number of ether oxygens (including phenoxy) is 4. The van der Waals surface area contributed by atoms with Gasteiger partial charge in [-0.05, 0) is 77.0 Å². The highest BCUT2D eigenvalue weighted by molar-refractivity contribution is 5.68. The summed E-state index contributed by atoms with van der Waals surface area (Å²) in [6.07, 6.45) is 12.1. The monoisotopic (exact) mass is 480 g/mol. The molecule has 0 aromatic heterocycles. The van der Waals surface area contributed by atoms with Gasteiger partial charge in [0.25, 0.3) is 0 Å². The van der Waals surface area contributed by atoms with Gasteiger partial charge in [-0.25, -0.2) is 9.59 Å². The number of rotatable bonds is 13. The maximum atomic E-state index is 12.5. The summed E-state index contributed by atoms with van der Waals surface area (Å²) in [5, 5.41) is 0. The zero-order chi connectivity index (χ0) is 23.9. The van der Waals surface area contributed by atoms with Gasteiger partial charge in [-0.2, -0.15) is 0 Å². The first-order chi connectivity index (χ1) is 16.6. The Balaban J connectivity index is 1.14. The van der Waals surface area contributed by atoms with Gasteiger partial charge in [0.15, 0.2) is 0 Å². The molecule has 8 nitrogen and oxygen atoms in total. The van der Waals surface area contributed by atoms with Crippen LogP contribution in [0.15, 0.2) is 0 Å². The molecule has 2 saturated heterocycles. The fourth-order valence-electron chi connectivity index (χ4n) is 5.83. The summed E-state index contributed by atoms with van der Waals surface area (Å²) >= 11 is 0. The molecule has 4 aliphatic rings. The fourth-order valence-corrected chi connectivity index (χ4v) is 5.83. The van der Waals surface area contributed by atoms with Gasteiger partial charge < -0.3 is 28.7 Å². The number of hydrogen-bond acceptors (Lipinski definition) is 6. The summed E-state index contributed by atoms with van der Waals surface area (Å²) in [7, 11) is 0. The molecule has 2 aliphatic heterocycles. The van der Waals surface area contributed by atoms with Crippen molar-refractivity contribution in [2.45, 2.75) is 102 Å². The standard InChI is InChI=1S/C26H44N2O6/c1-3-31-25(29)27(17-19-9-11-21-23(15-19)33-21)13-7-5-6-8-14-28(26(30)32-4-2)18-20-10-12-22-24(16-20)34-22/h19-24H,3-18H2,1-2H3. The molecule has 34 heavy (non-hydrogen) atoms. The van der Waals surface area contributed by atoms with E-state index < -0.39 is 0 Å². The van der Waals surface area contributed by atoms with Crippen LogP contribution in [0.5, 0.6) is 0 Å². The van der Waals surface area contributed by atoms with Crippen molar-refractivity contribution in [1.29, 1.82) is 0 Å². The highest BCUT2D eigenvalue weighted by Crippen LogP contribution is 2.40. The second-order valence-corrected chi connectivity index (χ2v) is 10.5. The van der Waals surface area contributed by atoms with E-state index in [9.17, 15) is 9.59 Å². The smallest absolute Gasteiger partial charge is 0.409 e. The van der Waals surface area contributed by atoms with Crippen molar-refractivity contribution in [2.75, 3.05) is 39.4 Å². The molecule has 2 amide bonds. The second kappa shape index (κ2) is 12.4. The van der Waals surface area contributed by atoms with Crippen LogP contribution >= 0.6 is 0 Å². The zero-order valence-corrected chi connectivity index (χ0v) is 21.1. The topological polar surface area (TPSA) is 84.1 Å². The minimum Gasteiger partial charge on any atom is -0.450 e. The average molecular weight is 481 g/mol. The Morgan fingerprint density at radius 1 is 0.676 bits per heavy atom. The first kappa shape index (κ1) is 25.5. The van der Waals surface area contributed by atoms with Gasteiger partial charge >= 0.3 is 12.2 Å². The summed E-state index contributed by atoms with van der Waals surface area (Å²) in [6, 6.07) is 0. The maximum absolute atomic E-state index is 12.5. The van der Waals surface area contributed by atoms with Crippen LogP contribution in [-0.4, -0.2) is 85.8 Å². The molecule has 6 unspecified atom stereocenters. The summed E-state index contributed by atoms with van der Waals surface area (Å²) in [4.78, 5) is 28.8. The minimum absolute atomic E-state index is 0.191. The number of fused-ring (bicyclic) bond motifs is 2. The molecule has 6 atom stereocenters. The van der Waals surface area contributed by atoms with Crippen molar-refractivity contribution in [2.24, 2.45) is 11.8 Å². The van der Waals surface area contributed by atoms with Crippen LogP contribution in [0.2, 0.25) is 0 Å². The van der Waals surface area contributed by atoms with Gasteiger partial charge in [-0.15, -0.1) is 0 Å². The van der Waals surface area contributed by atoms with E-state index in [2.05, 4.69) is 0 Å². The molecule has 2 saturated carbocycles. The van der Waals surface area contributed by atoms with Crippen molar-refractivity contribution in [3.8, 4) is 0 Å². The van der Waals surface area contributed by atoms with E-state index >= 15 is 0 Å². The zero-order valence-electron chi connectivity index (χ0n) is 21.1. The minimum atomic E-state index is -0.191. The van der Waals surface area contributed by atoms with E-state index in [1.807, 2.05) is 23.6 Å². The van der Waals surface area contributed by atoms with Crippen molar-refractivity contribution in [3.63, 3.8) is 0 Å². The number of unbranched alkanes of at least 4 members (excludes halogenated alkanes) is 3. The number of carbonyl (C=O) groups is 2. The third kappa shape index (κ3) is 7.48. The van der Waals surface area contributed by atoms with Gasteiger partial charge in [0.1, 0.15) is 0 Å². The van der Waals surface area contributed by atoms with Crippen molar-refractivity contribution < 1.29 is 28.5 Å². The number of amides is 2. The number of carbonyl (C=O) groups excluding carboxylic acids is 2. The molecule has 0 bridgehead atoms. The van der Waals surface area contributed by atoms with E-state index in [4.69, 9.17) is 18.9 Å². The van der Waals surface area contributed by atoms with Gasteiger partial charge in [0.2, 0.25) is 0 Å². The number of nitrogens with zero attached hydrogens (tertiary/aromatic N) is 2. The lowest BCUT2D eigenvalue weighted by atomic mass is 9.89. The average Bonchev–Trinajstić information content (AvgIpc) is 3.74. The van der Waals surface area contributed by atoms with Crippen LogP contribution < -0.4 is 0 Å². The van der Waals surface area contributed by atoms with Crippen molar-refractivity contribution in [1.82, 2.24) is 9.80 Å². The Morgan fingerprint density at radius 3 is 1.50 bits per heavy atom. The maximum Gasteiger partial charge on any atom is 0.409 e. The summed E-state index contributed by atoms with van der Waals surface area (Å²) in [5.41, 5.74) is 0. The Labute approximate surface area is 204 Å². The molecule has 2 aliphatic carbocycles. The van der Waals surface area contributed by atoms with Crippen LogP contribution in [0.3, 0.4) is 0 Å². The molecule has 2 heterocycles. The Morgan fingerprint density at radius 2 is 1.12 bits per heavy atom. The lowest BCUT2D eigenvalue weighted by Gasteiger charge is -2.28. The van der Waals surface area contributed by atoms with Gasteiger partial charge in [-0.3, -0.25) is 0 Å². The van der Waals surface area contributed by atoms with E-state index in [-0.39, 0.29) is 12.2 Å². The number of hydrogen-bond donors (Lipinski definition) is 0. The molecule has 0 radical (unpaired) electrons. The van der Waals surface area contributed by atoms with E-state index in [0.29, 0.717) is 49.5 Å². The van der Waals surface area contributed by atoms with Crippen LogP contribution in [-0.2, 0) is 18.9 Å². The Kier molecular flexibility index (Phi) is 9.34. The first-order valence-corrected chi connectivity index (χ1v) is 13.7. The van der Waals surface area contributed by atoms with Crippen molar-refractivity contribution in [3.05, 3.63) is 0 Å². The van der Waals surface area contributed by atoms with Crippen molar-refractivity contribution >= 4 is 12.2 Å².